The van der Waals surface area contributed by atoms with E-state index >= 15 is 0 Å². The first-order valence-corrected chi connectivity index (χ1v) is 7.07. The lowest BCUT2D eigenvalue weighted by Gasteiger charge is -2.21. The highest BCUT2D eigenvalue weighted by Gasteiger charge is 2.16. The van der Waals surface area contributed by atoms with E-state index in [0.717, 1.165) is 0 Å². The van der Waals surface area contributed by atoms with Gasteiger partial charge in [0.15, 0.2) is 0 Å². The number of amides is 2. The highest BCUT2D eigenvalue weighted by atomic mass is 19.1. The fraction of sp³-hybridized carbons (Fsp3) is 0.188. The van der Waals surface area contributed by atoms with E-state index in [9.17, 15) is 24.4 Å². The van der Waals surface area contributed by atoms with Crippen molar-refractivity contribution in [3.63, 3.8) is 0 Å². The van der Waals surface area contributed by atoms with Crippen molar-refractivity contribution in [1.29, 1.82) is 0 Å². The molecule has 0 aliphatic carbocycles. The van der Waals surface area contributed by atoms with Crippen molar-refractivity contribution in [1.82, 2.24) is 4.90 Å². The quantitative estimate of drug-likeness (QED) is 0.649. The van der Waals surface area contributed by atoms with Crippen molar-refractivity contribution >= 4 is 17.4 Å². The van der Waals surface area contributed by atoms with Crippen LogP contribution in [0, 0.1) is 15.9 Å². The molecule has 0 heterocycles. The van der Waals surface area contributed by atoms with Gasteiger partial charge in [-0.3, -0.25) is 10.1 Å². The maximum absolute atomic E-state index is 12.9. The number of aliphatic hydroxyl groups is 1. The Kier molecular flexibility index (Phi) is 5.43. The number of halogens is 1. The number of urea groups is 1. The minimum absolute atomic E-state index is 0.0214. The average molecular weight is 333 g/mol. The molecule has 0 aromatic heterocycles. The third-order valence-electron chi connectivity index (χ3n) is 3.36. The molecule has 1 atom stereocenters. The summed E-state index contributed by atoms with van der Waals surface area (Å²) in [6, 6.07) is 10.3. The normalized spacial score (nSPS) is 11.6. The van der Waals surface area contributed by atoms with Crippen LogP contribution in [0.25, 0.3) is 0 Å². The molecule has 0 saturated carbocycles. The molecule has 2 N–H and O–H groups in total. The molecule has 0 saturated heterocycles. The molecule has 0 spiro atoms. The van der Waals surface area contributed by atoms with Gasteiger partial charge in [0.1, 0.15) is 5.82 Å². The Hall–Kier alpha value is -3.00. The zero-order valence-electron chi connectivity index (χ0n) is 12.8. The Bertz CT molecular complexity index is 736. The monoisotopic (exact) mass is 333 g/mol. The van der Waals surface area contributed by atoms with Gasteiger partial charge in [-0.15, -0.1) is 0 Å². The van der Waals surface area contributed by atoms with Crippen molar-refractivity contribution in [2.45, 2.75) is 6.10 Å². The highest BCUT2D eigenvalue weighted by molar-refractivity contribution is 5.89. The van der Waals surface area contributed by atoms with Crippen LogP contribution in [-0.4, -0.2) is 34.6 Å². The topological polar surface area (TPSA) is 95.7 Å². The van der Waals surface area contributed by atoms with E-state index in [1.807, 2.05) is 0 Å². The standard InChI is InChI=1S/C16H16FN3O4/c1-19(10-15(21)11-5-7-12(17)8-6-11)16(22)18-13-3-2-4-14(9-13)20(23)24/h2-9,15,21H,10H2,1H3,(H,18,22)/t15-/m1/s1. The number of carbonyl (C=O) groups is 1. The molecule has 2 aromatic rings. The molecule has 2 aromatic carbocycles. The Morgan fingerprint density at radius 3 is 2.62 bits per heavy atom. The first kappa shape index (κ1) is 17.4. The molecule has 8 heteroatoms. The Morgan fingerprint density at radius 1 is 1.33 bits per heavy atom. The van der Waals surface area contributed by atoms with E-state index < -0.39 is 22.9 Å². The molecule has 0 unspecified atom stereocenters. The number of nitro benzene ring substituents is 1. The predicted octanol–water partition coefficient (Wildman–Crippen LogP) is 2.93. The maximum Gasteiger partial charge on any atom is 0.321 e. The lowest BCUT2D eigenvalue weighted by atomic mass is 10.1. The summed E-state index contributed by atoms with van der Waals surface area (Å²) in [5, 5.41) is 23.3. The van der Waals surface area contributed by atoms with Gasteiger partial charge < -0.3 is 15.3 Å². The van der Waals surface area contributed by atoms with Gasteiger partial charge in [-0.05, 0) is 23.8 Å². The van der Waals surface area contributed by atoms with Crippen molar-refractivity contribution in [3.8, 4) is 0 Å². The number of nitro groups is 1. The highest BCUT2D eigenvalue weighted by Crippen LogP contribution is 2.18. The summed E-state index contributed by atoms with van der Waals surface area (Å²) in [7, 11) is 1.47. The molecule has 0 aliphatic heterocycles. The van der Waals surface area contributed by atoms with E-state index in [2.05, 4.69) is 5.32 Å². The number of carbonyl (C=O) groups excluding carboxylic acids is 1. The first-order chi connectivity index (χ1) is 11.4. The van der Waals surface area contributed by atoms with E-state index in [0.29, 0.717) is 5.56 Å². The van der Waals surface area contributed by atoms with Gasteiger partial charge >= 0.3 is 6.03 Å². The first-order valence-electron chi connectivity index (χ1n) is 7.07. The van der Waals surface area contributed by atoms with Crippen LogP contribution in [0.3, 0.4) is 0 Å². The van der Waals surface area contributed by atoms with Crippen LogP contribution in [0.5, 0.6) is 0 Å². The average Bonchev–Trinajstić information content (AvgIpc) is 2.55. The molecule has 0 radical (unpaired) electrons. The van der Waals surface area contributed by atoms with Crippen LogP contribution >= 0.6 is 0 Å². The minimum Gasteiger partial charge on any atom is -0.387 e. The molecule has 24 heavy (non-hydrogen) atoms. The number of benzene rings is 2. The number of nitrogens with one attached hydrogen (secondary N) is 1. The van der Waals surface area contributed by atoms with Crippen LogP contribution in [0.2, 0.25) is 0 Å². The fourth-order valence-corrected chi connectivity index (χ4v) is 2.05. The number of anilines is 1. The smallest absolute Gasteiger partial charge is 0.321 e. The van der Waals surface area contributed by atoms with Gasteiger partial charge in [0.25, 0.3) is 5.69 Å². The molecule has 2 amide bonds. The van der Waals surface area contributed by atoms with E-state index in [1.54, 1.807) is 0 Å². The summed E-state index contributed by atoms with van der Waals surface area (Å²) in [6.45, 7) is -0.0214. The molecular formula is C16H16FN3O4. The lowest BCUT2D eigenvalue weighted by molar-refractivity contribution is -0.384. The van der Waals surface area contributed by atoms with Gasteiger partial charge in [0, 0.05) is 24.9 Å². The SMILES string of the molecule is CN(C[C@@H](O)c1ccc(F)cc1)C(=O)Nc1cccc([N+](=O)[O-])c1. The fourth-order valence-electron chi connectivity index (χ4n) is 2.05. The second-order valence-electron chi connectivity index (χ2n) is 5.19. The van der Waals surface area contributed by atoms with E-state index in [1.165, 1.54) is 60.5 Å². The molecule has 0 fully saturated rings. The number of hydrogen-bond acceptors (Lipinski definition) is 4. The number of likely N-dealkylation sites (N-methyl/N-ethyl adjacent to an activating group) is 1. The van der Waals surface area contributed by atoms with Crippen molar-refractivity contribution in [3.05, 3.63) is 70.0 Å². The Labute approximate surface area is 137 Å². The molecule has 126 valence electrons. The summed E-state index contributed by atoms with van der Waals surface area (Å²) in [5.74, 6) is -0.414. The summed E-state index contributed by atoms with van der Waals surface area (Å²) in [5.41, 5.74) is 0.616. The molecule has 2 rings (SSSR count). The van der Waals surface area contributed by atoms with Crippen molar-refractivity contribution in [2.24, 2.45) is 0 Å². The van der Waals surface area contributed by atoms with E-state index in [-0.39, 0.29) is 17.9 Å². The second kappa shape index (κ2) is 7.51. The third kappa shape index (κ3) is 4.50. The van der Waals surface area contributed by atoms with Crippen molar-refractivity contribution < 1.29 is 19.2 Å². The van der Waals surface area contributed by atoms with Crippen LogP contribution in [0.4, 0.5) is 20.6 Å². The summed E-state index contributed by atoms with van der Waals surface area (Å²) >= 11 is 0. The maximum atomic E-state index is 12.9. The number of nitrogens with zero attached hydrogens (tertiary/aromatic N) is 2. The Morgan fingerprint density at radius 2 is 2.00 bits per heavy atom. The molecule has 7 nitrogen and oxygen atoms in total. The van der Waals surface area contributed by atoms with Gasteiger partial charge in [-0.2, -0.15) is 0 Å². The molecule has 0 aliphatic rings. The molecular weight excluding hydrogens is 317 g/mol. The van der Waals surface area contributed by atoms with Gasteiger partial charge in [-0.1, -0.05) is 18.2 Å². The van der Waals surface area contributed by atoms with Crippen LogP contribution < -0.4 is 5.32 Å². The zero-order valence-corrected chi connectivity index (χ0v) is 12.8. The van der Waals surface area contributed by atoms with Crippen molar-refractivity contribution in [2.75, 3.05) is 18.9 Å². The van der Waals surface area contributed by atoms with Crippen LogP contribution in [-0.2, 0) is 0 Å². The van der Waals surface area contributed by atoms with Gasteiger partial charge in [0.2, 0.25) is 0 Å². The summed E-state index contributed by atoms with van der Waals surface area (Å²) < 4.78 is 12.9. The van der Waals surface area contributed by atoms with E-state index in [4.69, 9.17) is 0 Å². The third-order valence-corrected chi connectivity index (χ3v) is 3.36. The Balaban J connectivity index is 1.98. The number of aliphatic hydroxyl groups excluding tert-OH is 1. The van der Waals surface area contributed by atoms with Gasteiger partial charge in [0.05, 0.1) is 17.6 Å². The second-order valence-corrected chi connectivity index (χ2v) is 5.19. The number of rotatable bonds is 5. The minimum atomic E-state index is -0.980. The lowest BCUT2D eigenvalue weighted by Crippen LogP contribution is -2.34. The van der Waals surface area contributed by atoms with Gasteiger partial charge in [-0.25, -0.2) is 9.18 Å². The van der Waals surface area contributed by atoms with Crippen LogP contribution in [0.1, 0.15) is 11.7 Å². The predicted molar refractivity (Wildman–Crippen MR) is 86.1 cm³/mol. The summed E-state index contributed by atoms with van der Waals surface area (Å²) in [4.78, 5) is 23.5. The molecule has 0 bridgehead atoms. The zero-order chi connectivity index (χ0) is 17.7. The number of non-ortho nitro benzene ring substituents is 1. The summed E-state index contributed by atoms with van der Waals surface area (Å²) in [6.07, 6.45) is -0.980. The number of hydrogen-bond donors (Lipinski definition) is 2. The van der Waals surface area contributed by atoms with Crippen LogP contribution in [0.15, 0.2) is 48.5 Å². The largest absolute Gasteiger partial charge is 0.387 e.